The van der Waals surface area contributed by atoms with Gasteiger partial charge >= 0.3 is 6.09 Å². The highest BCUT2D eigenvalue weighted by Crippen LogP contribution is 2.29. The Kier molecular flexibility index (Phi) is 13.7. The van der Waals surface area contributed by atoms with E-state index in [1.54, 1.807) is 25.7 Å². The average Bonchev–Trinajstić information content (AvgIpc) is 2.88. The average molecular weight is 594 g/mol. The van der Waals surface area contributed by atoms with Gasteiger partial charge in [0.2, 0.25) is 5.91 Å². The second kappa shape index (κ2) is 16.5. The fourth-order valence-electron chi connectivity index (χ4n) is 5.40. The van der Waals surface area contributed by atoms with Crippen LogP contribution in [0.1, 0.15) is 114 Å². The molecule has 7 heteroatoms. The quantitative estimate of drug-likeness (QED) is 0.216. The van der Waals surface area contributed by atoms with E-state index in [0.717, 1.165) is 65.6 Å². The summed E-state index contributed by atoms with van der Waals surface area (Å²) >= 11 is 0. The number of benzene rings is 2. The van der Waals surface area contributed by atoms with Crippen molar-refractivity contribution in [3.05, 3.63) is 64.2 Å². The first-order valence-electron chi connectivity index (χ1n) is 15.9. The van der Waals surface area contributed by atoms with Gasteiger partial charge < -0.3 is 20.3 Å². The molecule has 2 unspecified atom stereocenters. The van der Waals surface area contributed by atoms with Crippen LogP contribution in [0.5, 0.6) is 0 Å². The molecule has 0 aliphatic rings. The zero-order valence-electron chi connectivity index (χ0n) is 28.2. The first-order valence-corrected chi connectivity index (χ1v) is 15.9. The van der Waals surface area contributed by atoms with E-state index in [2.05, 4.69) is 23.6 Å². The van der Waals surface area contributed by atoms with Crippen LogP contribution in [0.3, 0.4) is 0 Å². The highest BCUT2D eigenvalue weighted by Gasteiger charge is 2.37. The number of rotatable bonds is 14. The number of carbonyl (C=O) groups excluding carboxylic acids is 3. The molecule has 0 bridgehead atoms. The van der Waals surface area contributed by atoms with E-state index in [9.17, 15) is 14.4 Å². The molecule has 0 fully saturated rings. The molecule has 0 aliphatic heterocycles. The van der Waals surface area contributed by atoms with Crippen molar-refractivity contribution in [3.8, 4) is 0 Å². The van der Waals surface area contributed by atoms with Crippen molar-refractivity contribution < 1.29 is 19.1 Å². The number of para-hydroxylation sites is 1. The van der Waals surface area contributed by atoms with E-state index in [-0.39, 0.29) is 17.7 Å². The lowest BCUT2D eigenvalue weighted by Gasteiger charge is -2.36. The summed E-state index contributed by atoms with van der Waals surface area (Å²) in [5.74, 6) is -0.801. The third-order valence-corrected chi connectivity index (χ3v) is 7.49. The molecule has 238 valence electrons. The van der Waals surface area contributed by atoms with Gasteiger partial charge in [0.15, 0.2) is 0 Å². The maximum atomic E-state index is 14.5. The van der Waals surface area contributed by atoms with E-state index in [1.165, 1.54) is 6.42 Å². The zero-order chi connectivity index (χ0) is 32.3. The van der Waals surface area contributed by atoms with Crippen LogP contribution in [-0.2, 0) is 14.3 Å². The summed E-state index contributed by atoms with van der Waals surface area (Å²) in [7, 11) is 0. The Morgan fingerprint density at radius 1 is 0.860 bits per heavy atom. The van der Waals surface area contributed by atoms with E-state index in [0.29, 0.717) is 6.54 Å². The molecule has 2 N–H and O–H groups in total. The van der Waals surface area contributed by atoms with Crippen molar-refractivity contribution in [2.45, 2.75) is 125 Å². The molecule has 3 amide bonds. The van der Waals surface area contributed by atoms with Crippen molar-refractivity contribution in [2.75, 3.05) is 11.9 Å². The van der Waals surface area contributed by atoms with Gasteiger partial charge in [0.25, 0.3) is 5.91 Å². The minimum atomic E-state index is -0.887. The topological polar surface area (TPSA) is 87.7 Å². The largest absolute Gasteiger partial charge is 0.444 e. The Morgan fingerprint density at radius 2 is 1.42 bits per heavy atom. The number of nitrogens with zero attached hydrogens (tertiary/aromatic N) is 1. The normalized spacial score (nSPS) is 12.9. The van der Waals surface area contributed by atoms with Crippen molar-refractivity contribution in [1.29, 1.82) is 0 Å². The van der Waals surface area contributed by atoms with Gasteiger partial charge in [0.1, 0.15) is 17.7 Å². The number of unbranched alkanes of at least 4 members (excludes halogenated alkanes) is 5. The van der Waals surface area contributed by atoms with Gasteiger partial charge in [-0.25, -0.2) is 4.79 Å². The predicted molar refractivity (Wildman–Crippen MR) is 176 cm³/mol. The van der Waals surface area contributed by atoms with Gasteiger partial charge in [-0.05, 0) is 77.5 Å². The third-order valence-electron chi connectivity index (χ3n) is 7.49. The van der Waals surface area contributed by atoms with E-state index in [4.69, 9.17) is 4.74 Å². The van der Waals surface area contributed by atoms with Crippen LogP contribution in [0.25, 0.3) is 0 Å². The number of ether oxygens (including phenoxy) is 1. The Labute approximate surface area is 260 Å². The first-order chi connectivity index (χ1) is 20.1. The van der Waals surface area contributed by atoms with Crippen molar-refractivity contribution in [3.63, 3.8) is 0 Å². The summed E-state index contributed by atoms with van der Waals surface area (Å²) in [6, 6.07) is 10.2. The number of anilines is 1. The summed E-state index contributed by atoms with van der Waals surface area (Å²) in [6.45, 7) is 19.7. The minimum absolute atomic E-state index is 0.228. The van der Waals surface area contributed by atoms with Crippen LogP contribution in [0.15, 0.2) is 36.4 Å². The van der Waals surface area contributed by atoms with Gasteiger partial charge in [-0.3, -0.25) is 9.59 Å². The lowest BCUT2D eigenvalue weighted by Crippen LogP contribution is -2.54. The molecule has 0 radical (unpaired) electrons. The molecule has 2 aromatic carbocycles. The van der Waals surface area contributed by atoms with Crippen LogP contribution in [-0.4, -0.2) is 41.0 Å². The lowest BCUT2D eigenvalue weighted by atomic mass is 9.96. The molecule has 0 spiro atoms. The third kappa shape index (κ3) is 11.3. The Balaban J connectivity index is 2.59. The first kappa shape index (κ1) is 35.8. The number of nitrogens with one attached hydrogen (secondary N) is 2. The van der Waals surface area contributed by atoms with Crippen molar-refractivity contribution >= 4 is 23.6 Å². The molecule has 2 atom stereocenters. The molecule has 0 aromatic heterocycles. The van der Waals surface area contributed by atoms with E-state index in [1.807, 2.05) is 71.9 Å². The standard InChI is InChI=1S/C36H55N3O4/c1-11-12-13-14-15-16-20-39(34(41)30(24(2)3)38-35(42)43-36(8,9)10)32(29-22-25(4)21-26(5)23-29)33(40)37-31-27(6)18-17-19-28(31)7/h17-19,21-24,30,32H,11-16,20H2,1-10H3,(H,37,40)(H,38,42). The van der Waals surface area contributed by atoms with Crippen LogP contribution in [0.4, 0.5) is 10.5 Å². The second-order valence-corrected chi connectivity index (χ2v) is 13.2. The fraction of sp³-hybridized carbons (Fsp3) is 0.583. The number of amides is 3. The molecule has 43 heavy (non-hydrogen) atoms. The summed E-state index contributed by atoms with van der Waals surface area (Å²) in [5.41, 5.74) is 4.72. The number of hydrogen-bond donors (Lipinski definition) is 2. The van der Waals surface area contributed by atoms with E-state index >= 15 is 0 Å². The molecule has 0 aliphatic carbocycles. The van der Waals surface area contributed by atoms with Crippen LogP contribution < -0.4 is 10.6 Å². The summed E-state index contributed by atoms with van der Waals surface area (Å²) in [5, 5.41) is 5.99. The van der Waals surface area contributed by atoms with Gasteiger partial charge in [0.05, 0.1) is 0 Å². The monoisotopic (exact) mass is 593 g/mol. The Morgan fingerprint density at radius 3 is 1.95 bits per heavy atom. The molecule has 0 heterocycles. The smallest absolute Gasteiger partial charge is 0.408 e. The second-order valence-electron chi connectivity index (χ2n) is 13.2. The number of aryl methyl sites for hydroxylation is 4. The van der Waals surface area contributed by atoms with Gasteiger partial charge in [0, 0.05) is 12.2 Å². The highest BCUT2D eigenvalue weighted by molar-refractivity contribution is 6.00. The Hall–Kier alpha value is -3.35. The molecule has 2 aromatic rings. The lowest BCUT2D eigenvalue weighted by molar-refractivity contribution is -0.141. The number of hydrogen-bond acceptors (Lipinski definition) is 4. The molecule has 0 saturated heterocycles. The SMILES string of the molecule is CCCCCCCCN(C(=O)C(NC(=O)OC(C)(C)C)C(C)C)C(C(=O)Nc1c(C)cccc1C)c1cc(C)cc(C)c1. The van der Waals surface area contributed by atoms with Crippen LogP contribution in [0, 0.1) is 33.6 Å². The van der Waals surface area contributed by atoms with Gasteiger partial charge in [-0.2, -0.15) is 0 Å². The number of carbonyl (C=O) groups is 3. The molecular weight excluding hydrogens is 538 g/mol. The maximum absolute atomic E-state index is 14.5. The molecule has 2 rings (SSSR count). The highest BCUT2D eigenvalue weighted by atomic mass is 16.6. The molecular formula is C36H55N3O4. The molecule has 0 saturated carbocycles. The Bertz CT molecular complexity index is 1190. The van der Waals surface area contributed by atoms with Crippen molar-refractivity contribution in [1.82, 2.24) is 10.2 Å². The predicted octanol–water partition coefficient (Wildman–Crippen LogP) is 8.34. The van der Waals surface area contributed by atoms with Crippen LogP contribution in [0.2, 0.25) is 0 Å². The van der Waals surface area contributed by atoms with E-state index < -0.39 is 23.8 Å². The van der Waals surface area contributed by atoms with Crippen LogP contribution >= 0.6 is 0 Å². The summed E-state index contributed by atoms with van der Waals surface area (Å²) < 4.78 is 5.51. The molecule has 7 nitrogen and oxygen atoms in total. The minimum Gasteiger partial charge on any atom is -0.444 e. The van der Waals surface area contributed by atoms with Gasteiger partial charge in [-0.1, -0.05) is 100 Å². The zero-order valence-corrected chi connectivity index (χ0v) is 28.2. The summed E-state index contributed by atoms with van der Waals surface area (Å²) in [4.78, 5) is 43.4. The van der Waals surface area contributed by atoms with Gasteiger partial charge in [-0.15, -0.1) is 0 Å². The number of alkyl carbamates (subject to hydrolysis) is 1. The maximum Gasteiger partial charge on any atom is 0.408 e. The summed E-state index contributed by atoms with van der Waals surface area (Å²) in [6.07, 6.45) is 5.61. The fourth-order valence-corrected chi connectivity index (χ4v) is 5.40. The van der Waals surface area contributed by atoms with Crippen molar-refractivity contribution in [2.24, 2.45) is 5.92 Å².